The van der Waals surface area contributed by atoms with Crippen molar-refractivity contribution in [2.75, 3.05) is 31.7 Å². The number of nitrogens with one attached hydrogen (secondary N) is 1. The van der Waals surface area contributed by atoms with E-state index < -0.39 is 59.2 Å². The molecule has 4 aliphatic rings. The van der Waals surface area contributed by atoms with E-state index in [9.17, 15) is 19.2 Å². The van der Waals surface area contributed by atoms with Crippen LogP contribution in [0, 0.1) is 28.0 Å². The van der Waals surface area contributed by atoms with Gasteiger partial charge >= 0.3 is 44.3 Å². The van der Waals surface area contributed by atoms with Crippen LogP contribution < -0.4 is 50.8 Å². The van der Waals surface area contributed by atoms with E-state index in [0.717, 1.165) is 72.5 Å². The van der Waals surface area contributed by atoms with E-state index in [0.29, 0.717) is 53.4 Å². The van der Waals surface area contributed by atoms with Gasteiger partial charge < -0.3 is 47.4 Å². The Morgan fingerprint density at radius 1 is 0.432 bits per heavy atom. The third kappa shape index (κ3) is 28.8. The predicted octanol–water partition coefficient (Wildman–Crippen LogP) is 19.4. The first-order valence-electron chi connectivity index (χ1n) is 42.2. The number of rotatable bonds is 42. The van der Waals surface area contributed by atoms with E-state index in [1.165, 1.54) is 38.1 Å². The second-order valence-corrected chi connectivity index (χ2v) is 38.1. The van der Waals surface area contributed by atoms with Crippen molar-refractivity contribution in [3.8, 4) is 23.0 Å². The first-order chi connectivity index (χ1) is 60.2. The molecule has 1 N–H and O–H groups in total. The zero-order chi connectivity index (χ0) is 88.0. The van der Waals surface area contributed by atoms with Crippen LogP contribution in [0.4, 0.5) is 0 Å². The molecule has 17 nitrogen and oxygen atoms in total. The standard InChI is InChI=1S/C61H70O8P2.C27H26O8.C15H15P.Al.B.HN/c1-7-43(41-70(51-23-15-11-16-24-51)52-25-17-12-18-26-52)39-45(9-3)55(62)66-59-57(68-59)64-49-35-31-47(32-36-49)61(5,6)48-33-37-50(38-34-48)65-58-60(69-58)67-56(63)46(10-4)40-44(8-2)42-71(53-27-19-13-20-28-53)54-29-21-14-22-30-54;1-5-24(28)31-16-23-26(35-23)34-21-12-8-19(9-13-21)27(3,4)18-6-10-20(11-7-18)33-17(2)25(29)32-15-22-14-30-22;1-2-13-16(14-9-5-3-6-10-14)15-11-7-4-8-12-15;;;/h11-38,43-46,57-60H,7-10,39-42H2,1-6H3;5-14,23,26H,1-2,15-16H2,3-4H3;2-12H,1,13H2;;;1H. The average Bonchev–Trinajstić information content (AvgIpc) is 1.76. The fourth-order valence-corrected chi connectivity index (χ4v) is 21.8. The molecule has 0 saturated carbocycles. The quantitative estimate of drug-likeness (QED) is 0.00550. The molecule has 4 radical (unpaired) electrons. The van der Waals surface area contributed by atoms with Gasteiger partial charge in [-0.25, -0.2) is 9.59 Å². The van der Waals surface area contributed by atoms with Crippen molar-refractivity contribution >= 4 is 104 Å². The molecule has 10 aromatic rings. The third-order valence-electron chi connectivity index (χ3n) is 22.2. The molecule has 14 rings (SSSR count). The topological polar surface area (TPSA) is 216 Å². The summed E-state index contributed by atoms with van der Waals surface area (Å²) in [6.45, 7) is 28.2. The minimum atomic E-state index is -0.723. The number of allylic oxidation sites excluding steroid dienone is 1. The van der Waals surface area contributed by atoms with E-state index in [1.54, 1.807) is 28.2 Å². The normalized spacial score (nSPS) is 17.2. The molecule has 0 amide bonds. The van der Waals surface area contributed by atoms with E-state index in [4.69, 9.17) is 61.2 Å². The molecule has 0 bridgehead atoms. The summed E-state index contributed by atoms with van der Waals surface area (Å²) in [7, 11) is -1.38. The van der Waals surface area contributed by atoms with Crippen LogP contribution in [0.25, 0.3) is 0 Å². The Labute approximate surface area is 751 Å². The summed E-state index contributed by atoms with van der Waals surface area (Å²) in [6.07, 6.45) is 9.20. The summed E-state index contributed by atoms with van der Waals surface area (Å²) < 4.78 is 72.4. The molecule has 0 spiro atoms. The average molecular weight is 1750 g/mol. The molecule has 22 heteroatoms. The van der Waals surface area contributed by atoms with Crippen LogP contribution in [-0.4, -0.2) is 118 Å². The number of esters is 4. The number of carbonyl (C=O) groups excluding carboxylic acids is 4. The fourth-order valence-electron chi connectivity index (χ4n) is 14.3. The summed E-state index contributed by atoms with van der Waals surface area (Å²) >= 11 is 1.67. The molecule has 646 valence electrons. The molecule has 3 saturated heterocycles. The van der Waals surface area contributed by atoms with Crippen LogP contribution in [0.2, 0.25) is 0 Å². The second-order valence-electron chi connectivity index (χ2n) is 31.4. The van der Waals surface area contributed by atoms with Gasteiger partial charge in [0.25, 0.3) is 25.2 Å². The molecule has 10 unspecified atom stereocenters. The van der Waals surface area contributed by atoms with Gasteiger partial charge in [-0.3, -0.25) is 19.1 Å². The van der Waals surface area contributed by atoms with Crippen molar-refractivity contribution in [1.29, 1.82) is 4.35 Å². The molecule has 10 atom stereocenters. The van der Waals surface area contributed by atoms with Crippen LogP contribution in [0.1, 0.15) is 116 Å². The second kappa shape index (κ2) is 48.4. The molecule has 0 aliphatic carbocycles. The predicted molar refractivity (Wildman–Crippen MR) is 502 cm³/mol. The van der Waals surface area contributed by atoms with Gasteiger partial charge in [-0.1, -0.05) is 311 Å². The summed E-state index contributed by atoms with van der Waals surface area (Å²) in [4.78, 5) is 50.0. The van der Waals surface area contributed by atoms with Crippen molar-refractivity contribution in [3.05, 3.63) is 351 Å². The Morgan fingerprint density at radius 3 is 1.06 bits per heavy atom. The van der Waals surface area contributed by atoms with Gasteiger partial charge in [0, 0.05) is 25.3 Å². The molecule has 0 aromatic heterocycles. The fraction of sp³-hybridized carbons (Fsp3) is 0.301. The molecule has 4 aliphatic heterocycles. The Hall–Kier alpha value is -10.4. The number of hydrogen-bond acceptors (Lipinski definition) is 17. The van der Waals surface area contributed by atoms with Crippen molar-refractivity contribution in [2.45, 2.75) is 142 Å². The van der Waals surface area contributed by atoms with Crippen LogP contribution in [-0.2, 0) is 67.9 Å². The Kier molecular flexibility index (Phi) is 37.4. The first-order valence-corrected chi connectivity index (χ1v) is 47.4. The van der Waals surface area contributed by atoms with Gasteiger partial charge in [0.1, 0.15) is 35.9 Å². The van der Waals surface area contributed by atoms with Gasteiger partial charge in [-0.15, -0.1) is 6.58 Å². The van der Waals surface area contributed by atoms with Crippen LogP contribution in [0.15, 0.2) is 329 Å². The monoisotopic (exact) mass is 1750 g/mol. The van der Waals surface area contributed by atoms with Crippen molar-refractivity contribution in [3.63, 3.8) is 0 Å². The number of benzene rings is 10. The number of ether oxygens (including phenoxy) is 12. The van der Waals surface area contributed by atoms with Crippen molar-refractivity contribution < 1.29 is 76.0 Å². The van der Waals surface area contributed by atoms with Crippen LogP contribution in [0.3, 0.4) is 0 Å². The summed E-state index contributed by atoms with van der Waals surface area (Å²) in [5, 5.41) is 8.27. The zero-order valence-electron chi connectivity index (χ0n) is 72.5. The summed E-state index contributed by atoms with van der Waals surface area (Å²) in [6, 6.07) is 95.5. The van der Waals surface area contributed by atoms with E-state index in [1.807, 2.05) is 66.7 Å². The van der Waals surface area contributed by atoms with Gasteiger partial charge in [-0.05, 0) is 189 Å². The minimum absolute atomic E-state index is 0. The Balaban J connectivity index is 0.000000247. The van der Waals surface area contributed by atoms with E-state index in [2.05, 4.69) is 281 Å². The first kappa shape index (κ1) is 96.8. The van der Waals surface area contributed by atoms with Gasteiger partial charge in [0.15, 0.2) is 18.5 Å². The summed E-state index contributed by atoms with van der Waals surface area (Å²) in [5.41, 5.74) is 3.70. The Morgan fingerprint density at radius 2 is 0.752 bits per heavy atom. The molecule has 125 heavy (non-hydrogen) atoms. The van der Waals surface area contributed by atoms with Crippen LogP contribution in [0.5, 0.6) is 23.0 Å². The van der Waals surface area contributed by atoms with Gasteiger partial charge in [-0.2, -0.15) is 0 Å². The zero-order valence-corrected chi connectivity index (χ0v) is 76.3. The maximum absolute atomic E-state index is 13.5. The molecular weight excluding hydrogens is 1640 g/mol. The number of carbonyl (C=O) groups is 4. The third-order valence-corrected chi connectivity index (χ3v) is 30.1. The van der Waals surface area contributed by atoms with Crippen molar-refractivity contribution in [2.24, 2.45) is 23.7 Å². The van der Waals surface area contributed by atoms with E-state index >= 15 is 0 Å². The van der Waals surface area contributed by atoms with Crippen LogP contribution >= 0.6 is 23.8 Å². The molecular formula is C103H112AlBNO16P3. The summed E-state index contributed by atoms with van der Waals surface area (Å²) in [5.74, 6) is 1.65. The Bertz CT molecular complexity index is 4770. The maximum atomic E-state index is 13.5. The van der Waals surface area contributed by atoms with Gasteiger partial charge in [0.05, 0.1) is 11.8 Å². The molecule has 10 aromatic carbocycles. The SMILES string of the molecule is C=CC(=O)OCC1OC1Oc1ccc(C(C)(C)c2ccc(OC(=C)C(=O)OCC3=CO3)cc2)cc1.C=CCP(c1ccccc1)c1ccccc1.CCC(CC(CC)C(=O)OC1OC1Oc1ccc(C(C)(C)c2ccc(OC3OC3OC(=O)C(CC)CC(CC)CP(c3ccccc3)c3ccccc3)cc2)cc1)CP(c1ccccc1)c1ccccc1.[B].[NH]=[Al]. The number of epoxide rings is 3. The van der Waals surface area contributed by atoms with E-state index in [-0.39, 0.29) is 76.0 Å². The van der Waals surface area contributed by atoms with Gasteiger partial charge in [0.2, 0.25) is 12.0 Å². The molecule has 3 fully saturated rings. The molecule has 4 heterocycles. The van der Waals surface area contributed by atoms with Crippen molar-refractivity contribution in [1.82, 2.24) is 0 Å². The number of hydrogen-bond donors (Lipinski definition) is 1.